The van der Waals surface area contributed by atoms with Crippen molar-refractivity contribution in [1.82, 2.24) is 0 Å². The van der Waals surface area contributed by atoms with Gasteiger partial charge in [-0.1, -0.05) is 46.8 Å². The van der Waals surface area contributed by atoms with Crippen LogP contribution in [0.15, 0.2) is 12.2 Å². The highest BCUT2D eigenvalue weighted by Gasteiger charge is 2.51. The number of rotatable bonds is 1. The summed E-state index contributed by atoms with van der Waals surface area (Å²) in [4.78, 5) is 0. The van der Waals surface area contributed by atoms with Gasteiger partial charge < -0.3 is 0 Å². The van der Waals surface area contributed by atoms with Crippen LogP contribution in [-0.2, 0) is 0 Å². The van der Waals surface area contributed by atoms with Crippen molar-refractivity contribution >= 4 is 0 Å². The fraction of sp³-hybridized carbons (Fsp3) is 0.857. The lowest BCUT2D eigenvalue weighted by Gasteiger charge is -2.57. The van der Waals surface area contributed by atoms with Crippen LogP contribution in [0, 0.1) is 41.4 Å². The van der Waals surface area contributed by atoms with E-state index >= 15 is 0 Å². The van der Waals surface area contributed by atoms with E-state index < -0.39 is 0 Å². The molecule has 0 amide bonds. The number of allylic oxidation sites excluding steroid dienone is 2. The van der Waals surface area contributed by atoms with Gasteiger partial charge in [-0.15, -0.1) is 0 Å². The molecule has 0 aromatic carbocycles. The fourth-order valence-corrected chi connectivity index (χ4v) is 3.95. The minimum atomic E-state index is 0.796. The largest absolute Gasteiger partial charge is 0.0851 e. The lowest BCUT2D eigenvalue weighted by molar-refractivity contribution is -0.0620. The molecule has 0 spiro atoms. The summed E-state index contributed by atoms with van der Waals surface area (Å²) in [5.74, 6) is 6.33. The van der Waals surface area contributed by atoms with Crippen LogP contribution in [0.3, 0.4) is 0 Å². The van der Waals surface area contributed by atoms with Crippen LogP contribution in [-0.4, -0.2) is 0 Å². The maximum atomic E-state index is 2.50. The Labute approximate surface area is 88.8 Å². The molecule has 2 aliphatic rings. The molecule has 6 atom stereocenters. The van der Waals surface area contributed by atoms with Gasteiger partial charge >= 0.3 is 0 Å². The molecule has 2 rings (SSSR count). The predicted octanol–water partition coefficient (Wildman–Crippen LogP) is 3.98. The normalized spacial score (nSPS) is 51.6. The topological polar surface area (TPSA) is 0 Å². The minimum absolute atomic E-state index is 0.796. The summed E-state index contributed by atoms with van der Waals surface area (Å²) >= 11 is 0. The molecule has 0 heteroatoms. The van der Waals surface area contributed by atoms with E-state index in [1.165, 1.54) is 0 Å². The van der Waals surface area contributed by atoms with Crippen LogP contribution in [0.25, 0.3) is 0 Å². The highest BCUT2D eigenvalue weighted by Crippen LogP contribution is 2.57. The Bertz CT molecular complexity index is 238. The van der Waals surface area contributed by atoms with Crippen molar-refractivity contribution in [2.75, 3.05) is 0 Å². The van der Waals surface area contributed by atoms with E-state index in [1.807, 2.05) is 0 Å². The highest BCUT2D eigenvalue weighted by atomic mass is 14.6. The molecule has 5 unspecified atom stereocenters. The maximum Gasteiger partial charge on any atom is -0.0171 e. The predicted molar refractivity (Wildman–Crippen MR) is 61.9 cm³/mol. The van der Waals surface area contributed by atoms with Gasteiger partial charge in [-0.05, 0) is 41.4 Å². The first-order chi connectivity index (χ1) is 6.54. The van der Waals surface area contributed by atoms with Crippen molar-refractivity contribution in [2.45, 2.75) is 34.6 Å². The van der Waals surface area contributed by atoms with Gasteiger partial charge in [0.25, 0.3) is 0 Å². The molecule has 0 bridgehead atoms. The molecular weight excluding hydrogens is 168 g/mol. The van der Waals surface area contributed by atoms with E-state index in [2.05, 4.69) is 46.8 Å². The summed E-state index contributed by atoms with van der Waals surface area (Å²) in [6.07, 6.45) is 4.94. The Morgan fingerprint density at radius 3 is 2.14 bits per heavy atom. The third-order valence-electron chi connectivity index (χ3n) is 4.95. The Morgan fingerprint density at radius 2 is 1.57 bits per heavy atom. The van der Waals surface area contributed by atoms with Crippen LogP contribution >= 0.6 is 0 Å². The first-order valence-electron chi connectivity index (χ1n) is 6.22. The molecule has 0 heterocycles. The monoisotopic (exact) mass is 192 g/mol. The third-order valence-corrected chi connectivity index (χ3v) is 4.95. The average Bonchev–Trinajstić information content (AvgIpc) is 2.10. The standard InChI is InChI=1S/C14H24/c1-8(2)13-11(5)12-7-6-9(3)10(4)14(12)13/h6-14H,1-5H3/t9?,10-,11?,12?,13?,14?/m1/s1. The zero-order valence-electron chi connectivity index (χ0n) is 10.2. The van der Waals surface area contributed by atoms with Crippen molar-refractivity contribution < 1.29 is 0 Å². The third kappa shape index (κ3) is 1.26. The molecule has 0 saturated heterocycles. The van der Waals surface area contributed by atoms with E-state index in [-0.39, 0.29) is 0 Å². The highest BCUT2D eigenvalue weighted by molar-refractivity contribution is 5.13. The van der Waals surface area contributed by atoms with Gasteiger partial charge in [-0.3, -0.25) is 0 Å². The van der Waals surface area contributed by atoms with E-state index in [0.717, 1.165) is 41.4 Å². The summed E-state index contributed by atoms with van der Waals surface area (Å²) in [6, 6.07) is 0. The molecule has 1 fully saturated rings. The van der Waals surface area contributed by atoms with Crippen molar-refractivity contribution in [1.29, 1.82) is 0 Å². The van der Waals surface area contributed by atoms with Gasteiger partial charge in [0, 0.05) is 0 Å². The van der Waals surface area contributed by atoms with Gasteiger partial charge in [0.15, 0.2) is 0 Å². The summed E-state index contributed by atoms with van der Waals surface area (Å²) < 4.78 is 0. The van der Waals surface area contributed by atoms with Gasteiger partial charge in [-0.25, -0.2) is 0 Å². The molecule has 14 heavy (non-hydrogen) atoms. The van der Waals surface area contributed by atoms with Gasteiger partial charge in [0.1, 0.15) is 0 Å². The first kappa shape index (κ1) is 10.3. The maximum absolute atomic E-state index is 2.50. The molecule has 0 radical (unpaired) electrons. The zero-order valence-corrected chi connectivity index (χ0v) is 10.2. The average molecular weight is 192 g/mol. The molecule has 0 aliphatic heterocycles. The van der Waals surface area contributed by atoms with E-state index in [4.69, 9.17) is 0 Å². The van der Waals surface area contributed by atoms with E-state index in [0.29, 0.717) is 0 Å². The molecule has 1 saturated carbocycles. The Balaban J connectivity index is 2.18. The molecular formula is C14H24. The Kier molecular flexibility index (Phi) is 2.49. The molecule has 80 valence electrons. The van der Waals surface area contributed by atoms with E-state index in [1.54, 1.807) is 0 Å². The minimum Gasteiger partial charge on any atom is -0.0851 e. The second kappa shape index (κ2) is 3.40. The van der Waals surface area contributed by atoms with E-state index in [9.17, 15) is 0 Å². The number of hydrogen-bond donors (Lipinski definition) is 0. The summed E-state index contributed by atoms with van der Waals surface area (Å²) in [6.45, 7) is 12.1. The van der Waals surface area contributed by atoms with Crippen molar-refractivity contribution in [3.63, 3.8) is 0 Å². The lowest BCUT2D eigenvalue weighted by Crippen LogP contribution is -2.52. The summed E-state index contributed by atoms with van der Waals surface area (Å²) in [5.41, 5.74) is 0. The van der Waals surface area contributed by atoms with Crippen LogP contribution in [0.5, 0.6) is 0 Å². The second-order valence-electron chi connectivity index (χ2n) is 5.94. The van der Waals surface area contributed by atoms with Crippen LogP contribution in [0.4, 0.5) is 0 Å². The smallest absolute Gasteiger partial charge is 0.0171 e. The van der Waals surface area contributed by atoms with Gasteiger partial charge in [0.05, 0.1) is 0 Å². The van der Waals surface area contributed by atoms with Crippen LogP contribution in [0.1, 0.15) is 34.6 Å². The SMILES string of the molecule is CC(C)C1C(C)C2C=CC(C)[C@@H](C)C21. The summed E-state index contributed by atoms with van der Waals surface area (Å²) in [5, 5.41) is 0. The molecule has 2 aliphatic carbocycles. The fourth-order valence-electron chi connectivity index (χ4n) is 3.95. The molecule has 0 aromatic heterocycles. The first-order valence-corrected chi connectivity index (χ1v) is 6.22. The van der Waals surface area contributed by atoms with Crippen LogP contribution < -0.4 is 0 Å². The van der Waals surface area contributed by atoms with Crippen molar-refractivity contribution in [3.8, 4) is 0 Å². The van der Waals surface area contributed by atoms with Gasteiger partial charge in [-0.2, -0.15) is 0 Å². The lowest BCUT2D eigenvalue weighted by atomic mass is 9.47. The zero-order chi connectivity index (χ0) is 10.5. The second-order valence-corrected chi connectivity index (χ2v) is 5.94. The van der Waals surface area contributed by atoms with Crippen LogP contribution in [0.2, 0.25) is 0 Å². The summed E-state index contributed by atoms with van der Waals surface area (Å²) in [7, 11) is 0. The number of fused-ring (bicyclic) bond motifs is 1. The quantitative estimate of drug-likeness (QED) is 0.551. The molecule has 0 nitrogen and oxygen atoms in total. The van der Waals surface area contributed by atoms with Crippen molar-refractivity contribution in [2.24, 2.45) is 41.4 Å². The van der Waals surface area contributed by atoms with Gasteiger partial charge in [0.2, 0.25) is 0 Å². The molecule has 0 aromatic rings. The molecule has 0 N–H and O–H groups in total. The number of hydrogen-bond acceptors (Lipinski definition) is 0. The Morgan fingerprint density at radius 1 is 0.929 bits per heavy atom. The Hall–Kier alpha value is -0.260. The van der Waals surface area contributed by atoms with Crippen molar-refractivity contribution in [3.05, 3.63) is 12.2 Å².